The molecule has 1 fully saturated rings. The fraction of sp³-hybridized carbons (Fsp3) is 0.571. The van der Waals surface area contributed by atoms with Crippen LogP contribution in [0.25, 0.3) is 0 Å². The number of benzene rings is 1. The second-order valence-electron chi connectivity index (χ2n) is 5.61. The number of halogens is 1. The molecular weight excluding hydrogens is 374 g/mol. The van der Waals surface area contributed by atoms with Crippen molar-refractivity contribution < 1.29 is 16.8 Å². The zero-order valence-corrected chi connectivity index (χ0v) is 16.2. The normalized spacial score (nSPS) is 18.3. The molecule has 7 nitrogen and oxygen atoms in total. The lowest BCUT2D eigenvalue weighted by atomic mass is 10.2. The molecule has 1 aliphatic rings. The Morgan fingerprint density at radius 1 is 1.21 bits per heavy atom. The second-order valence-corrected chi connectivity index (χ2v) is 9.24. The summed E-state index contributed by atoms with van der Waals surface area (Å²) in [6, 6.07) is 4.37. The first-order chi connectivity index (χ1) is 10.8. The van der Waals surface area contributed by atoms with Gasteiger partial charge in [-0.3, -0.25) is 0 Å². The molecule has 1 aromatic rings. The van der Waals surface area contributed by atoms with Crippen molar-refractivity contribution in [2.45, 2.75) is 42.0 Å². The van der Waals surface area contributed by atoms with Gasteiger partial charge in [0.15, 0.2) is 0 Å². The largest absolute Gasteiger partial charge is 0.314 e. The van der Waals surface area contributed by atoms with E-state index in [4.69, 9.17) is 0 Å². The van der Waals surface area contributed by atoms with Crippen molar-refractivity contribution in [3.05, 3.63) is 23.8 Å². The maximum absolute atomic E-state index is 12.3. The molecule has 0 saturated carbocycles. The van der Waals surface area contributed by atoms with Gasteiger partial charge in [-0.25, -0.2) is 26.3 Å². The topological polar surface area (TPSA) is 104 Å². The van der Waals surface area contributed by atoms with Crippen LogP contribution in [0.1, 0.15) is 24.8 Å². The van der Waals surface area contributed by atoms with E-state index < -0.39 is 20.0 Å². The van der Waals surface area contributed by atoms with Crippen molar-refractivity contribution in [1.29, 1.82) is 0 Å². The molecule has 3 N–H and O–H groups in total. The van der Waals surface area contributed by atoms with Gasteiger partial charge in [0.25, 0.3) is 0 Å². The fourth-order valence-corrected chi connectivity index (χ4v) is 4.74. The van der Waals surface area contributed by atoms with Crippen LogP contribution in [0.3, 0.4) is 0 Å². The van der Waals surface area contributed by atoms with Crippen LogP contribution in [0, 0.1) is 6.92 Å². The highest BCUT2D eigenvalue weighted by molar-refractivity contribution is 7.90. The molecule has 0 unspecified atom stereocenters. The summed E-state index contributed by atoms with van der Waals surface area (Å²) in [7, 11) is -5.91. The molecule has 24 heavy (non-hydrogen) atoms. The fourth-order valence-electron chi connectivity index (χ4n) is 2.65. The first-order valence-electron chi connectivity index (χ1n) is 7.53. The van der Waals surface area contributed by atoms with E-state index >= 15 is 0 Å². The number of nitrogens with one attached hydrogen (secondary N) is 3. The first-order valence-corrected chi connectivity index (χ1v) is 10.5. The molecule has 1 saturated heterocycles. The summed E-state index contributed by atoms with van der Waals surface area (Å²) in [5, 5.41) is 3.31. The van der Waals surface area contributed by atoms with Crippen molar-refractivity contribution in [1.82, 2.24) is 14.8 Å². The van der Waals surface area contributed by atoms with E-state index in [1.807, 2.05) is 0 Å². The minimum Gasteiger partial charge on any atom is -0.314 e. The molecule has 1 atom stereocenters. The molecule has 0 aromatic heterocycles. The van der Waals surface area contributed by atoms with Crippen LogP contribution in [-0.4, -0.2) is 43.0 Å². The molecule has 10 heteroatoms. The Bertz CT molecular complexity index is 760. The summed E-state index contributed by atoms with van der Waals surface area (Å²) < 4.78 is 53.0. The van der Waals surface area contributed by atoms with Gasteiger partial charge in [0.05, 0.1) is 9.79 Å². The summed E-state index contributed by atoms with van der Waals surface area (Å²) in [6.45, 7) is 2.92. The van der Waals surface area contributed by atoms with Gasteiger partial charge in [0.1, 0.15) is 0 Å². The van der Waals surface area contributed by atoms with Crippen LogP contribution in [-0.2, 0) is 20.0 Å². The predicted octanol–water partition coefficient (Wildman–Crippen LogP) is 0.745. The van der Waals surface area contributed by atoms with Gasteiger partial charge in [0.2, 0.25) is 20.0 Å². The minimum absolute atomic E-state index is 0. The van der Waals surface area contributed by atoms with E-state index in [-0.39, 0.29) is 22.2 Å². The highest BCUT2D eigenvalue weighted by atomic mass is 35.5. The number of aryl methyl sites for hydroxylation is 1. The summed E-state index contributed by atoms with van der Waals surface area (Å²) >= 11 is 0. The Kier molecular flexibility index (Phi) is 7.64. The highest BCUT2D eigenvalue weighted by Crippen LogP contribution is 2.19. The van der Waals surface area contributed by atoms with Crippen molar-refractivity contribution >= 4 is 32.5 Å². The summed E-state index contributed by atoms with van der Waals surface area (Å²) in [5.74, 6) is 0. The predicted molar refractivity (Wildman–Crippen MR) is 95.5 cm³/mol. The standard InChI is InChI=1S/C14H23N3O4S2.ClH/c1-11-10-13(5-6-14(11)23(20,21)15-2)22(18,19)17-9-7-12-4-3-8-16-12;/h5-6,10,12,15-17H,3-4,7-9H2,1-2H3;1H/t12-;/m1./s1. The van der Waals surface area contributed by atoms with Crippen molar-refractivity contribution in [2.75, 3.05) is 20.1 Å². The van der Waals surface area contributed by atoms with Gasteiger partial charge < -0.3 is 5.32 Å². The Morgan fingerprint density at radius 2 is 1.92 bits per heavy atom. The maximum Gasteiger partial charge on any atom is 0.240 e. The van der Waals surface area contributed by atoms with Crippen LogP contribution >= 0.6 is 12.4 Å². The maximum atomic E-state index is 12.3. The van der Waals surface area contributed by atoms with E-state index in [1.54, 1.807) is 6.92 Å². The average molecular weight is 398 g/mol. The summed E-state index contributed by atoms with van der Waals surface area (Å²) in [6.07, 6.45) is 2.93. The SMILES string of the molecule is CNS(=O)(=O)c1ccc(S(=O)(=O)NCC[C@H]2CCCN2)cc1C.Cl. The van der Waals surface area contributed by atoms with Crippen molar-refractivity contribution in [3.63, 3.8) is 0 Å². The van der Waals surface area contributed by atoms with Gasteiger partial charge in [-0.05, 0) is 63.5 Å². The minimum atomic E-state index is -3.64. The second kappa shape index (κ2) is 8.59. The quantitative estimate of drug-likeness (QED) is 0.629. The van der Waals surface area contributed by atoms with Gasteiger partial charge in [0, 0.05) is 12.6 Å². The smallest absolute Gasteiger partial charge is 0.240 e. The van der Waals surface area contributed by atoms with Gasteiger partial charge >= 0.3 is 0 Å². The molecule has 0 aliphatic carbocycles. The molecule has 138 valence electrons. The number of hydrogen-bond acceptors (Lipinski definition) is 5. The van der Waals surface area contributed by atoms with E-state index in [9.17, 15) is 16.8 Å². The lowest BCUT2D eigenvalue weighted by Gasteiger charge is -2.12. The van der Waals surface area contributed by atoms with E-state index in [1.165, 1.54) is 25.2 Å². The third-order valence-electron chi connectivity index (χ3n) is 3.96. The molecule has 0 amide bonds. The zero-order chi connectivity index (χ0) is 17.1. The number of sulfonamides is 2. The van der Waals surface area contributed by atoms with Crippen molar-refractivity contribution in [2.24, 2.45) is 0 Å². The van der Waals surface area contributed by atoms with Gasteiger partial charge in [-0.1, -0.05) is 0 Å². The summed E-state index contributed by atoms with van der Waals surface area (Å²) in [4.78, 5) is 0.151. The monoisotopic (exact) mass is 397 g/mol. The lowest BCUT2D eigenvalue weighted by molar-refractivity contribution is 0.539. The van der Waals surface area contributed by atoms with Crippen LogP contribution in [0.15, 0.2) is 28.0 Å². The van der Waals surface area contributed by atoms with E-state index in [0.717, 1.165) is 25.8 Å². The Balaban J connectivity index is 0.00000288. The van der Waals surface area contributed by atoms with Gasteiger partial charge in [-0.15, -0.1) is 12.4 Å². The molecule has 1 heterocycles. The molecule has 1 aromatic carbocycles. The number of rotatable bonds is 7. The van der Waals surface area contributed by atoms with Gasteiger partial charge in [-0.2, -0.15) is 0 Å². The Labute approximate surface area is 150 Å². The van der Waals surface area contributed by atoms with Crippen molar-refractivity contribution in [3.8, 4) is 0 Å². The average Bonchev–Trinajstić information content (AvgIpc) is 3.00. The highest BCUT2D eigenvalue weighted by Gasteiger charge is 2.20. The Hall–Kier alpha value is -0.710. The third-order valence-corrected chi connectivity index (χ3v) is 7.00. The zero-order valence-electron chi connectivity index (χ0n) is 13.7. The first kappa shape index (κ1) is 21.3. The molecule has 1 aliphatic heterocycles. The molecule has 0 bridgehead atoms. The molecule has 2 rings (SSSR count). The van der Waals surface area contributed by atoms with Crippen LogP contribution < -0.4 is 14.8 Å². The molecule has 0 radical (unpaired) electrons. The van der Waals surface area contributed by atoms with Crippen LogP contribution in [0.2, 0.25) is 0 Å². The van der Waals surface area contributed by atoms with Crippen LogP contribution in [0.5, 0.6) is 0 Å². The Morgan fingerprint density at radius 3 is 2.46 bits per heavy atom. The third kappa shape index (κ3) is 5.14. The molecular formula is C14H24ClN3O4S2. The number of hydrogen-bond donors (Lipinski definition) is 3. The lowest BCUT2D eigenvalue weighted by Crippen LogP contribution is -2.30. The van der Waals surface area contributed by atoms with E-state index in [0.29, 0.717) is 18.2 Å². The van der Waals surface area contributed by atoms with E-state index in [2.05, 4.69) is 14.8 Å². The summed E-state index contributed by atoms with van der Waals surface area (Å²) in [5.41, 5.74) is 0.389. The van der Waals surface area contributed by atoms with Crippen LogP contribution in [0.4, 0.5) is 0 Å². The molecule has 0 spiro atoms.